The Morgan fingerprint density at radius 2 is 2.11 bits per heavy atom. The van der Waals surface area contributed by atoms with Gasteiger partial charge in [-0.3, -0.25) is 4.79 Å². The van der Waals surface area contributed by atoms with E-state index < -0.39 is 0 Å². The van der Waals surface area contributed by atoms with Gasteiger partial charge in [0.15, 0.2) is 0 Å². The summed E-state index contributed by atoms with van der Waals surface area (Å²) in [5.41, 5.74) is 0. The summed E-state index contributed by atoms with van der Waals surface area (Å²) < 4.78 is 14.4. The van der Waals surface area contributed by atoms with Crippen LogP contribution < -0.4 is 5.32 Å². The van der Waals surface area contributed by atoms with Gasteiger partial charge < -0.3 is 5.32 Å². The Morgan fingerprint density at radius 3 is 2.83 bits per heavy atom. The summed E-state index contributed by atoms with van der Waals surface area (Å²) in [6.45, 7) is 0. The Labute approximate surface area is 109 Å². The first-order valence-corrected chi connectivity index (χ1v) is 7.04. The maximum atomic E-state index is 13.5. The third-order valence-corrected chi connectivity index (χ3v) is 4.52. The molecule has 1 amide bonds. The molecule has 1 aromatic carbocycles. The molecule has 18 heavy (non-hydrogen) atoms. The Balaban J connectivity index is 1.85. The van der Waals surface area contributed by atoms with Gasteiger partial charge in [0.1, 0.15) is 5.82 Å². The van der Waals surface area contributed by atoms with Crippen molar-refractivity contribution >= 4 is 27.3 Å². The first-order chi connectivity index (χ1) is 8.74. The summed E-state index contributed by atoms with van der Waals surface area (Å²) in [4.78, 5) is 12.7. The molecule has 2 nitrogen and oxygen atoms in total. The van der Waals surface area contributed by atoms with Gasteiger partial charge >= 0.3 is 0 Å². The van der Waals surface area contributed by atoms with E-state index in [1.165, 1.54) is 30.2 Å². The second-order valence-electron chi connectivity index (χ2n) is 4.72. The zero-order valence-electron chi connectivity index (χ0n) is 9.91. The Bertz CT molecular complexity index is 586. The number of nitrogens with one attached hydrogen (secondary N) is 1. The average molecular weight is 263 g/mol. The normalized spacial score (nSPS) is 16.3. The highest BCUT2D eigenvalue weighted by Gasteiger charge is 2.19. The van der Waals surface area contributed by atoms with Crippen molar-refractivity contribution in [1.82, 2.24) is 5.32 Å². The smallest absolute Gasteiger partial charge is 0.261 e. The zero-order chi connectivity index (χ0) is 12.5. The van der Waals surface area contributed by atoms with Gasteiger partial charge in [-0.15, -0.1) is 11.3 Å². The minimum absolute atomic E-state index is 0.0671. The lowest BCUT2D eigenvalue weighted by molar-refractivity contribution is 0.0942. The number of benzene rings is 1. The molecule has 3 rings (SSSR count). The van der Waals surface area contributed by atoms with Crippen LogP contribution in [0.3, 0.4) is 0 Å². The molecule has 2 aromatic rings. The summed E-state index contributed by atoms with van der Waals surface area (Å²) in [5.74, 6) is -0.328. The van der Waals surface area contributed by atoms with Crippen LogP contribution in [0.15, 0.2) is 24.3 Å². The molecule has 0 unspecified atom stereocenters. The summed E-state index contributed by atoms with van der Waals surface area (Å²) >= 11 is 1.35. The molecule has 4 heteroatoms. The molecule has 0 bridgehead atoms. The summed E-state index contributed by atoms with van der Waals surface area (Å²) in [7, 11) is 0. The first-order valence-electron chi connectivity index (χ1n) is 6.23. The highest BCUT2D eigenvalue weighted by Crippen LogP contribution is 2.28. The Morgan fingerprint density at radius 1 is 1.33 bits per heavy atom. The molecule has 0 atom stereocenters. The van der Waals surface area contributed by atoms with Crippen LogP contribution in [0.1, 0.15) is 35.4 Å². The van der Waals surface area contributed by atoms with Crippen molar-refractivity contribution in [2.45, 2.75) is 31.7 Å². The molecule has 0 saturated heterocycles. The van der Waals surface area contributed by atoms with E-state index in [-0.39, 0.29) is 11.7 Å². The van der Waals surface area contributed by atoms with Crippen LogP contribution in [0.4, 0.5) is 4.39 Å². The van der Waals surface area contributed by atoms with E-state index in [9.17, 15) is 9.18 Å². The maximum Gasteiger partial charge on any atom is 0.261 e. The predicted molar refractivity (Wildman–Crippen MR) is 71.5 cm³/mol. The van der Waals surface area contributed by atoms with E-state index in [0.717, 1.165) is 17.5 Å². The molecule has 1 N–H and O–H groups in total. The van der Waals surface area contributed by atoms with Crippen molar-refractivity contribution in [3.63, 3.8) is 0 Å². The minimum atomic E-state index is -0.260. The molecule has 94 valence electrons. The molecule has 1 heterocycles. The molecular weight excluding hydrogens is 249 g/mol. The van der Waals surface area contributed by atoms with Crippen molar-refractivity contribution in [2.75, 3.05) is 0 Å². The standard InChI is InChI=1S/C14H14FNOS/c15-11-6-3-7-12-10(11)8-13(18-12)14(17)16-9-4-1-2-5-9/h3,6-9H,1-2,4-5H2,(H,16,17). The number of carbonyl (C=O) groups excluding carboxylic acids is 1. The zero-order valence-corrected chi connectivity index (χ0v) is 10.7. The van der Waals surface area contributed by atoms with E-state index in [4.69, 9.17) is 0 Å². The second-order valence-corrected chi connectivity index (χ2v) is 5.80. The molecule has 1 aliphatic carbocycles. The van der Waals surface area contributed by atoms with Gasteiger partial charge in [0.05, 0.1) is 4.88 Å². The number of thiophene rings is 1. The van der Waals surface area contributed by atoms with Gasteiger partial charge in [-0.2, -0.15) is 0 Å². The third-order valence-electron chi connectivity index (χ3n) is 3.42. The molecular formula is C14H14FNOS. The number of amides is 1. The number of rotatable bonds is 2. The van der Waals surface area contributed by atoms with Crippen LogP contribution in [0.2, 0.25) is 0 Å². The molecule has 1 saturated carbocycles. The number of carbonyl (C=O) groups is 1. The largest absolute Gasteiger partial charge is 0.349 e. The van der Waals surface area contributed by atoms with Crippen LogP contribution in [0.5, 0.6) is 0 Å². The van der Waals surface area contributed by atoms with Crippen LogP contribution >= 0.6 is 11.3 Å². The third kappa shape index (κ3) is 2.12. The molecule has 1 fully saturated rings. The highest BCUT2D eigenvalue weighted by atomic mass is 32.1. The second kappa shape index (κ2) is 4.69. The topological polar surface area (TPSA) is 29.1 Å². The van der Waals surface area contributed by atoms with Gasteiger partial charge in [0, 0.05) is 16.1 Å². The van der Waals surface area contributed by atoms with Gasteiger partial charge in [-0.25, -0.2) is 4.39 Å². The number of hydrogen-bond acceptors (Lipinski definition) is 2. The molecule has 1 aliphatic rings. The quantitative estimate of drug-likeness (QED) is 0.879. The lowest BCUT2D eigenvalue weighted by Crippen LogP contribution is -2.31. The van der Waals surface area contributed by atoms with E-state index >= 15 is 0 Å². The fourth-order valence-corrected chi connectivity index (χ4v) is 3.44. The SMILES string of the molecule is O=C(NC1CCCC1)c1cc2c(F)cccc2s1. The van der Waals surface area contributed by atoms with Crippen LogP contribution in [0.25, 0.3) is 10.1 Å². The van der Waals surface area contributed by atoms with Crippen molar-refractivity contribution in [3.8, 4) is 0 Å². The fraction of sp³-hybridized carbons (Fsp3) is 0.357. The summed E-state index contributed by atoms with van der Waals surface area (Å²) in [5, 5.41) is 3.57. The van der Waals surface area contributed by atoms with E-state index in [2.05, 4.69) is 5.32 Å². The molecule has 0 spiro atoms. The van der Waals surface area contributed by atoms with Crippen molar-refractivity contribution < 1.29 is 9.18 Å². The van der Waals surface area contributed by atoms with E-state index in [1.807, 2.05) is 6.07 Å². The van der Waals surface area contributed by atoms with Gasteiger partial charge in [-0.05, 0) is 31.0 Å². The number of halogens is 1. The monoisotopic (exact) mass is 263 g/mol. The van der Waals surface area contributed by atoms with Crippen molar-refractivity contribution in [2.24, 2.45) is 0 Å². The average Bonchev–Trinajstić information content (AvgIpc) is 2.97. The Hall–Kier alpha value is -1.42. The lowest BCUT2D eigenvalue weighted by atomic mass is 10.2. The number of hydrogen-bond donors (Lipinski definition) is 1. The maximum absolute atomic E-state index is 13.5. The van der Waals surface area contributed by atoms with E-state index in [1.54, 1.807) is 12.1 Å². The summed E-state index contributed by atoms with van der Waals surface area (Å²) in [6, 6.07) is 6.89. The first kappa shape index (κ1) is 11.7. The molecule has 0 aliphatic heterocycles. The lowest BCUT2D eigenvalue weighted by Gasteiger charge is -2.10. The summed E-state index contributed by atoms with van der Waals surface area (Å²) in [6.07, 6.45) is 4.49. The van der Waals surface area contributed by atoms with Gasteiger partial charge in [-0.1, -0.05) is 18.9 Å². The predicted octanol–water partition coefficient (Wildman–Crippen LogP) is 3.71. The van der Waals surface area contributed by atoms with Crippen LogP contribution in [-0.4, -0.2) is 11.9 Å². The molecule has 1 aromatic heterocycles. The van der Waals surface area contributed by atoms with Crippen LogP contribution in [-0.2, 0) is 0 Å². The highest BCUT2D eigenvalue weighted by molar-refractivity contribution is 7.20. The van der Waals surface area contributed by atoms with Crippen LogP contribution in [0, 0.1) is 5.82 Å². The number of fused-ring (bicyclic) bond motifs is 1. The molecule has 0 radical (unpaired) electrons. The van der Waals surface area contributed by atoms with E-state index in [0.29, 0.717) is 16.3 Å². The van der Waals surface area contributed by atoms with Gasteiger partial charge in [0.2, 0.25) is 0 Å². The van der Waals surface area contributed by atoms with Gasteiger partial charge in [0.25, 0.3) is 5.91 Å². The minimum Gasteiger partial charge on any atom is -0.349 e. The van der Waals surface area contributed by atoms with Crippen molar-refractivity contribution in [1.29, 1.82) is 0 Å². The van der Waals surface area contributed by atoms with Crippen molar-refractivity contribution in [3.05, 3.63) is 35.0 Å². The fourth-order valence-electron chi connectivity index (χ4n) is 2.46. The Kier molecular flexibility index (Phi) is 3.04.